The highest BCUT2D eigenvalue weighted by Gasteiger charge is 2.72. The Hall–Kier alpha value is -3.80. The number of carbonyl (C=O) groups is 4. The van der Waals surface area contributed by atoms with E-state index in [-0.39, 0.29) is 47.1 Å². The summed E-state index contributed by atoms with van der Waals surface area (Å²) in [6.07, 6.45) is 5.00. The van der Waals surface area contributed by atoms with Crippen LogP contribution in [0.15, 0.2) is 72.1 Å². The number of fused-ring (bicyclic) bond motifs is 4. The first-order chi connectivity index (χ1) is 18.3. The minimum absolute atomic E-state index is 0.0257. The maximum absolute atomic E-state index is 13.3. The number of allylic oxidation sites excluding steroid dienone is 4. The van der Waals surface area contributed by atoms with Gasteiger partial charge in [-0.05, 0) is 42.7 Å². The Balaban J connectivity index is 1.04. The number of likely N-dealkylation sites (tertiary alicyclic amines) is 2. The molecule has 7 rings (SSSR count). The number of benzene rings is 2. The largest absolute Gasteiger partial charge is 0.315 e. The van der Waals surface area contributed by atoms with Gasteiger partial charge in [0.25, 0.3) is 0 Å². The fourth-order valence-corrected chi connectivity index (χ4v) is 7.86. The monoisotopic (exact) mass is 506 g/mol. The van der Waals surface area contributed by atoms with E-state index >= 15 is 0 Å². The molecule has 0 N–H and O–H groups in total. The van der Waals surface area contributed by atoms with E-state index in [0.29, 0.717) is 36.9 Å². The van der Waals surface area contributed by atoms with Crippen LogP contribution in [-0.2, 0) is 20.4 Å². The predicted molar refractivity (Wildman–Crippen MR) is 141 cm³/mol. The van der Waals surface area contributed by atoms with Gasteiger partial charge in [-0.25, -0.2) is 0 Å². The lowest BCUT2D eigenvalue weighted by molar-refractivity contribution is -0.130. The van der Waals surface area contributed by atoms with Crippen LogP contribution in [0.25, 0.3) is 0 Å². The topological polar surface area (TPSA) is 74.8 Å². The first kappa shape index (κ1) is 23.3. The van der Waals surface area contributed by atoms with Crippen LogP contribution >= 0.6 is 0 Å². The molecule has 2 aliphatic heterocycles. The highest BCUT2D eigenvalue weighted by atomic mass is 16.2. The highest BCUT2D eigenvalue weighted by Crippen LogP contribution is 2.70. The van der Waals surface area contributed by atoms with E-state index in [4.69, 9.17) is 0 Å². The van der Waals surface area contributed by atoms with Crippen molar-refractivity contribution in [2.45, 2.75) is 50.4 Å². The summed E-state index contributed by atoms with van der Waals surface area (Å²) in [7, 11) is 0. The quantitative estimate of drug-likeness (QED) is 0.610. The van der Waals surface area contributed by atoms with Crippen LogP contribution < -0.4 is 0 Å². The number of hydrogen-bond acceptors (Lipinski definition) is 4. The Kier molecular flexibility index (Phi) is 4.82. The van der Waals surface area contributed by atoms with Crippen molar-refractivity contribution in [2.24, 2.45) is 11.8 Å². The molecule has 2 aromatic carbocycles. The van der Waals surface area contributed by atoms with E-state index < -0.39 is 0 Å². The summed E-state index contributed by atoms with van der Waals surface area (Å²) in [6.45, 7) is 5.51. The van der Waals surface area contributed by atoms with Crippen LogP contribution in [0.1, 0.15) is 71.4 Å². The standard InChI is InChI=1S/C32H30N2O4/c1-19-24-18-34(28-17-26(36)21-9-4-6-11-23(21)32(19,24)28)30(38)13-7-12-29(37)33-15-14-31(2)22-10-5-3-8-20(22)25(35)16-27(31)33/h3-6,8-11,16-17,19,24H,7,12-15,18H2,1-2H3. The zero-order valence-electron chi connectivity index (χ0n) is 21.7. The van der Waals surface area contributed by atoms with Gasteiger partial charge in [-0.1, -0.05) is 55.5 Å². The van der Waals surface area contributed by atoms with Crippen molar-refractivity contribution in [1.29, 1.82) is 0 Å². The van der Waals surface area contributed by atoms with E-state index in [0.717, 1.165) is 34.5 Å². The van der Waals surface area contributed by atoms with E-state index in [2.05, 4.69) is 13.8 Å². The minimum atomic E-state index is -0.353. The van der Waals surface area contributed by atoms with E-state index in [9.17, 15) is 19.2 Å². The van der Waals surface area contributed by atoms with Gasteiger partial charge in [-0.15, -0.1) is 0 Å². The third-order valence-corrected chi connectivity index (χ3v) is 9.93. The van der Waals surface area contributed by atoms with Gasteiger partial charge in [0.2, 0.25) is 11.8 Å². The summed E-state index contributed by atoms with van der Waals surface area (Å²) in [5.41, 5.74) is 4.54. The Bertz CT molecular complexity index is 1520. The second-order valence-corrected chi connectivity index (χ2v) is 11.6. The molecule has 2 aromatic rings. The number of piperidine rings is 1. The molecular weight excluding hydrogens is 476 g/mol. The molecule has 38 heavy (non-hydrogen) atoms. The molecule has 0 aromatic heterocycles. The van der Waals surface area contributed by atoms with Crippen molar-refractivity contribution in [1.82, 2.24) is 9.80 Å². The lowest BCUT2D eigenvalue weighted by Crippen LogP contribution is -2.36. The van der Waals surface area contributed by atoms with Crippen LogP contribution in [0.5, 0.6) is 0 Å². The first-order valence-electron chi connectivity index (χ1n) is 13.6. The van der Waals surface area contributed by atoms with Crippen LogP contribution in [0.2, 0.25) is 0 Å². The van der Waals surface area contributed by atoms with Crippen LogP contribution in [0, 0.1) is 11.8 Å². The summed E-state index contributed by atoms with van der Waals surface area (Å²) < 4.78 is 0. The van der Waals surface area contributed by atoms with Crippen LogP contribution in [-0.4, -0.2) is 46.3 Å². The summed E-state index contributed by atoms with van der Waals surface area (Å²) in [6, 6.07) is 15.4. The van der Waals surface area contributed by atoms with E-state index in [1.807, 2.05) is 48.5 Å². The van der Waals surface area contributed by atoms with Gasteiger partial charge in [0.1, 0.15) is 0 Å². The molecule has 1 spiro atoms. The lowest BCUT2D eigenvalue weighted by Gasteiger charge is -2.33. The molecule has 2 saturated heterocycles. The SMILES string of the molecule is CC1C2CN(C(=O)CCCC(=O)N3CCC4(C)C3=CC(=O)c3ccccc34)C3=CC(=O)c4ccccc4C312. The average Bonchev–Trinajstić information content (AvgIpc) is 3.18. The lowest BCUT2D eigenvalue weighted by atomic mass is 9.72. The zero-order chi connectivity index (χ0) is 26.4. The Morgan fingerprint density at radius 1 is 0.842 bits per heavy atom. The van der Waals surface area contributed by atoms with Gasteiger partial charge in [0.15, 0.2) is 11.6 Å². The van der Waals surface area contributed by atoms with Gasteiger partial charge in [-0.3, -0.25) is 19.2 Å². The molecule has 6 heteroatoms. The summed E-state index contributed by atoms with van der Waals surface area (Å²) in [5.74, 6) is 0.556. The molecule has 3 fully saturated rings. The third-order valence-electron chi connectivity index (χ3n) is 9.93. The summed E-state index contributed by atoms with van der Waals surface area (Å²) >= 11 is 0. The Morgan fingerprint density at radius 3 is 2.13 bits per heavy atom. The summed E-state index contributed by atoms with van der Waals surface area (Å²) in [4.78, 5) is 55.8. The van der Waals surface area contributed by atoms with Crippen molar-refractivity contribution >= 4 is 23.4 Å². The molecular formula is C32H30N2O4. The predicted octanol–water partition coefficient (Wildman–Crippen LogP) is 4.55. The van der Waals surface area contributed by atoms with Crippen molar-refractivity contribution in [3.63, 3.8) is 0 Å². The van der Waals surface area contributed by atoms with E-state index in [1.54, 1.807) is 22.0 Å². The smallest absolute Gasteiger partial charge is 0.226 e. The zero-order valence-corrected chi connectivity index (χ0v) is 21.7. The molecule has 6 nitrogen and oxygen atoms in total. The van der Waals surface area contributed by atoms with Gasteiger partial charge in [0.05, 0.1) is 0 Å². The highest BCUT2D eigenvalue weighted by molar-refractivity contribution is 6.10. The number of carbonyl (C=O) groups excluding carboxylic acids is 4. The average molecular weight is 507 g/mol. The number of nitrogens with zero attached hydrogens (tertiary/aromatic N) is 2. The number of amides is 2. The van der Waals surface area contributed by atoms with Gasteiger partial charge in [0, 0.05) is 71.4 Å². The van der Waals surface area contributed by atoms with Crippen LogP contribution in [0.4, 0.5) is 0 Å². The molecule has 192 valence electrons. The first-order valence-corrected chi connectivity index (χ1v) is 13.6. The molecule has 2 amide bonds. The molecule has 0 bridgehead atoms. The second-order valence-electron chi connectivity index (χ2n) is 11.6. The second kappa shape index (κ2) is 7.85. The summed E-state index contributed by atoms with van der Waals surface area (Å²) in [5, 5.41) is 0. The molecule has 4 unspecified atom stereocenters. The molecule has 4 atom stereocenters. The molecule has 1 saturated carbocycles. The molecule has 0 radical (unpaired) electrons. The fourth-order valence-electron chi connectivity index (χ4n) is 7.86. The Morgan fingerprint density at radius 2 is 1.42 bits per heavy atom. The van der Waals surface area contributed by atoms with Crippen LogP contribution in [0.3, 0.4) is 0 Å². The van der Waals surface area contributed by atoms with E-state index in [1.165, 1.54) is 0 Å². The Labute approximate surface area is 222 Å². The van der Waals surface area contributed by atoms with Crippen molar-refractivity contribution < 1.29 is 19.2 Å². The molecule has 2 heterocycles. The van der Waals surface area contributed by atoms with Gasteiger partial charge < -0.3 is 9.80 Å². The normalized spacial score (nSPS) is 30.1. The third kappa shape index (κ3) is 2.89. The van der Waals surface area contributed by atoms with Crippen molar-refractivity contribution in [3.8, 4) is 0 Å². The number of ketones is 2. The maximum Gasteiger partial charge on any atom is 0.226 e. The fraction of sp³-hybridized carbons (Fsp3) is 0.375. The minimum Gasteiger partial charge on any atom is -0.315 e. The maximum atomic E-state index is 13.3. The van der Waals surface area contributed by atoms with Gasteiger partial charge >= 0.3 is 0 Å². The van der Waals surface area contributed by atoms with Crippen molar-refractivity contribution in [2.75, 3.05) is 13.1 Å². The molecule has 3 aliphatic carbocycles. The van der Waals surface area contributed by atoms with Gasteiger partial charge in [-0.2, -0.15) is 0 Å². The molecule has 5 aliphatic rings. The number of hydrogen-bond donors (Lipinski definition) is 0. The number of rotatable bonds is 4. The van der Waals surface area contributed by atoms with Crippen molar-refractivity contribution in [3.05, 3.63) is 94.3 Å².